The summed E-state index contributed by atoms with van der Waals surface area (Å²) >= 11 is 0. The predicted molar refractivity (Wildman–Crippen MR) is 70.4 cm³/mol. The highest BCUT2D eigenvalue weighted by Gasteiger charge is 2.16. The molecule has 0 atom stereocenters. The number of benzene rings is 1. The molecule has 0 aliphatic rings. The molecule has 0 spiro atoms. The van der Waals surface area contributed by atoms with Crippen LogP contribution in [0, 0.1) is 0 Å². The van der Waals surface area contributed by atoms with Crippen molar-refractivity contribution in [3.8, 4) is 17.2 Å². The van der Waals surface area contributed by atoms with Crippen molar-refractivity contribution in [2.75, 3.05) is 21.3 Å². The maximum Gasteiger partial charge on any atom is 0.203 e. The largest absolute Gasteiger partial charge is 0.493 e. The van der Waals surface area contributed by atoms with Crippen LogP contribution in [0.1, 0.15) is 19.4 Å². The molecule has 0 aromatic heterocycles. The van der Waals surface area contributed by atoms with Crippen LogP contribution in [0.25, 0.3) is 5.57 Å². The number of allylic oxidation sites excluding steroid dienone is 2. The predicted octanol–water partition coefficient (Wildman–Crippen LogP) is 2.70. The number of hydrogen-bond acceptors (Lipinski definition) is 4. The van der Waals surface area contributed by atoms with Crippen molar-refractivity contribution < 1.29 is 19.0 Å². The van der Waals surface area contributed by atoms with E-state index in [1.54, 1.807) is 33.5 Å². The van der Waals surface area contributed by atoms with Crippen LogP contribution in [-0.2, 0) is 4.79 Å². The van der Waals surface area contributed by atoms with Crippen LogP contribution in [0.5, 0.6) is 17.2 Å². The third kappa shape index (κ3) is 2.83. The Morgan fingerprint density at radius 3 is 2.06 bits per heavy atom. The minimum Gasteiger partial charge on any atom is -0.493 e. The summed E-state index contributed by atoms with van der Waals surface area (Å²) in [7, 11) is 4.67. The van der Waals surface area contributed by atoms with E-state index in [-0.39, 0.29) is 5.78 Å². The first kappa shape index (κ1) is 14.1. The summed E-state index contributed by atoms with van der Waals surface area (Å²) in [6.07, 6.45) is 1.56. The molecule has 0 saturated heterocycles. The number of hydrogen-bond donors (Lipinski definition) is 0. The second-order valence-electron chi connectivity index (χ2n) is 3.82. The normalized spacial score (nSPS) is 11.1. The van der Waals surface area contributed by atoms with E-state index in [1.165, 1.54) is 6.92 Å². The van der Waals surface area contributed by atoms with Crippen LogP contribution in [0.4, 0.5) is 0 Å². The molecule has 4 nitrogen and oxygen atoms in total. The minimum atomic E-state index is -0.00987. The third-order valence-corrected chi connectivity index (χ3v) is 2.55. The van der Waals surface area contributed by atoms with E-state index in [0.29, 0.717) is 17.2 Å². The van der Waals surface area contributed by atoms with Crippen LogP contribution < -0.4 is 14.2 Å². The Balaban J connectivity index is 3.42. The fourth-order valence-corrected chi connectivity index (χ4v) is 1.79. The van der Waals surface area contributed by atoms with Crippen molar-refractivity contribution >= 4 is 11.4 Å². The number of rotatable bonds is 5. The van der Waals surface area contributed by atoms with E-state index >= 15 is 0 Å². The fraction of sp³-hybridized carbons (Fsp3) is 0.357. The van der Waals surface area contributed by atoms with Gasteiger partial charge in [-0.3, -0.25) is 4.79 Å². The molecule has 0 aliphatic carbocycles. The van der Waals surface area contributed by atoms with E-state index in [1.807, 2.05) is 13.0 Å². The molecule has 0 amide bonds. The molecule has 0 bridgehead atoms. The maximum atomic E-state index is 11.1. The summed E-state index contributed by atoms with van der Waals surface area (Å²) in [6.45, 7) is 3.36. The highest BCUT2D eigenvalue weighted by atomic mass is 16.5. The molecule has 1 aromatic rings. The highest BCUT2D eigenvalue weighted by Crippen LogP contribution is 2.42. The molecule has 0 saturated carbocycles. The van der Waals surface area contributed by atoms with E-state index in [0.717, 1.165) is 11.1 Å². The van der Waals surface area contributed by atoms with Gasteiger partial charge in [0.2, 0.25) is 5.75 Å². The molecule has 0 aliphatic heterocycles. The Kier molecular flexibility index (Phi) is 4.77. The van der Waals surface area contributed by atoms with Gasteiger partial charge in [-0.25, -0.2) is 0 Å². The zero-order valence-corrected chi connectivity index (χ0v) is 11.4. The van der Waals surface area contributed by atoms with Gasteiger partial charge in [0.05, 0.1) is 21.3 Å². The number of carbonyl (C=O) groups excluding carboxylic acids is 1. The zero-order valence-electron chi connectivity index (χ0n) is 11.4. The summed E-state index contributed by atoms with van der Waals surface area (Å²) in [6, 6.07) is 3.63. The molecular weight excluding hydrogens is 232 g/mol. The van der Waals surface area contributed by atoms with Crippen LogP contribution >= 0.6 is 0 Å². The fourth-order valence-electron chi connectivity index (χ4n) is 1.79. The minimum absolute atomic E-state index is 0.00987. The van der Waals surface area contributed by atoms with E-state index in [2.05, 4.69) is 0 Å². The van der Waals surface area contributed by atoms with Gasteiger partial charge in [-0.15, -0.1) is 0 Å². The molecule has 0 fully saturated rings. The van der Waals surface area contributed by atoms with Crippen LogP contribution in [0.2, 0.25) is 0 Å². The lowest BCUT2D eigenvalue weighted by atomic mass is 10.0. The standard InChI is InChI=1S/C14H18O4/c1-9(8-10(2)15)11-6-7-12(16-3)14(18-5)13(11)17-4/h6-8H,1-5H3/b9-8+. The molecule has 0 N–H and O–H groups in total. The number of carbonyl (C=O) groups is 1. The Morgan fingerprint density at radius 1 is 1.00 bits per heavy atom. The van der Waals surface area contributed by atoms with E-state index in [4.69, 9.17) is 14.2 Å². The van der Waals surface area contributed by atoms with Crippen LogP contribution in [0.15, 0.2) is 18.2 Å². The first-order valence-electron chi connectivity index (χ1n) is 5.53. The van der Waals surface area contributed by atoms with Gasteiger partial charge in [-0.05, 0) is 37.6 Å². The summed E-state index contributed by atoms with van der Waals surface area (Å²) < 4.78 is 15.9. The number of ketones is 1. The molecule has 4 heteroatoms. The molecule has 1 aromatic carbocycles. The summed E-state index contributed by atoms with van der Waals surface area (Å²) in [5.41, 5.74) is 1.63. The van der Waals surface area contributed by atoms with Gasteiger partial charge in [-0.1, -0.05) is 0 Å². The van der Waals surface area contributed by atoms with Crippen molar-refractivity contribution in [1.82, 2.24) is 0 Å². The van der Waals surface area contributed by atoms with Crippen LogP contribution in [0.3, 0.4) is 0 Å². The van der Waals surface area contributed by atoms with E-state index < -0.39 is 0 Å². The zero-order chi connectivity index (χ0) is 13.7. The first-order chi connectivity index (χ1) is 8.54. The van der Waals surface area contributed by atoms with E-state index in [9.17, 15) is 4.79 Å². The lowest BCUT2D eigenvalue weighted by Gasteiger charge is -2.15. The summed E-state index contributed by atoms with van der Waals surface area (Å²) in [4.78, 5) is 11.1. The monoisotopic (exact) mass is 250 g/mol. The van der Waals surface area contributed by atoms with Gasteiger partial charge in [0, 0.05) is 5.56 Å². The Bertz CT molecular complexity index is 475. The SMILES string of the molecule is COc1ccc(/C(C)=C/C(C)=O)c(OC)c1OC. The van der Waals surface area contributed by atoms with Gasteiger partial charge < -0.3 is 14.2 Å². The van der Waals surface area contributed by atoms with Crippen molar-refractivity contribution in [3.63, 3.8) is 0 Å². The lowest BCUT2D eigenvalue weighted by Crippen LogP contribution is -1.98. The Labute approximate surface area is 107 Å². The summed E-state index contributed by atoms with van der Waals surface area (Å²) in [5, 5.41) is 0. The Morgan fingerprint density at radius 2 is 1.61 bits per heavy atom. The van der Waals surface area contributed by atoms with Crippen molar-refractivity contribution in [2.24, 2.45) is 0 Å². The smallest absolute Gasteiger partial charge is 0.203 e. The van der Waals surface area contributed by atoms with Gasteiger partial charge in [0.15, 0.2) is 17.3 Å². The van der Waals surface area contributed by atoms with Crippen molar-refractivity contribution in [2.45, 2.75) is 13.8 Å². The third-order valence-electron chi connectivity index (χ3n) is 2.55. The Hall–Kier alpha value is -1.97. The molecule has 1 rings (SSSR count). The number of methoxy groups -OCH3 is 3. The second-order valence-corrected chi connectivity index (χ2v) is 3.82. The molecule has 98 valence electrons. The van der Waals surface area contributed by atoms with Crippen molar-refractivity contribution in [3.05, 3.63) is 23.8 Å². The van der Waals surface area contributed by atoms with Crippen molar-refractivity contribution in [1.29, 1.82) is 0 Å². The maximum absolute atomic E-state index is 11.1. The van der Waals surface area contributed by atoms with Gasteiger partial charge in [0.25, 0.3) is 0 Å². The summed E-state index contributed by atoms with van der Waals surface area (Å²) in [5.74, 6) is 1.67. The topological polar surface area (TPSA) is 44.8 Å². The molecule has 18 heavy (non-hydrogen) atoms. The lowest BCUT2D eigenvalue weighted by molar-refractivity contribution is -0.112. The molecular formula is C14H18O4. The average molecular weight is 250 g/mol. The van der Waals surface area contributed by atoms with Gasteiger partial charge in [-0.2, -0.15) is 0 Å². The molecule has 0 radical (unpaired) electrons. The molecule has 0 heterocycles. The quantitative estimate of drug-likeness (QED) is 0.754. The highest BCUT2D eigenvalue weighted by molar-refractivity contribution is 5.95. The average Bonchev–Trinajstić information content (AvgIpc) is 2.35. The second kappa shape index (κ2) is 6.10. The first-order valence-corrected chi connectivity index (χ1v) is 5.53. The van der Waals surface area contributed by atoms with Gasteiger partial charge in [0.1, 0.15) is 0 Å². The number of ether oxygens (including phenoxy) is 3. The van der Waals surface area contributed by atoms with Gasteiger partial charge >= 0.3 is 0 Å². The van der Waals surface area contributed by atoms with Crippen LogP contribution in [-0.4, -0.2) is 27.1 Å². The molecule has 0 unspecified atom stereocenters.